The molecule has 0 aromatic carbocycles. The summed E-state index contributed by atoms with van der Waals surface area (Å²) in [7, 11) is 0. The van der Waals surface area contributed by atoms with Gasteiger partial charge in [-0.15, -0.1) is 0 Å². The highest BCUT2D eigenvalue weighted by molar-refractivity contribution is 5.76. The third kappa shape index (κ3) is 23.1. The average Bonchev–Trinajstić information content (AvgIpc) is 3.40. The number of ether oxygens (including phenoxy) is 6. The van der Waals surface area contributed by atoms with Crippen molar-refractivity contribution in [2.24, 2.45) is 0 Å². The fourth-order valence-electron chi connectivity index (χ4n) is 8.25. The van der Waals surface area contributed by atoms with Gasteiger partial charge in [-0.3, -0.25) is 4.79 Å². The minimum Gasteiger partial charge on any atom is -0.394 e. The summed E-state index contributed by atoms with van der Waals surface area (Å²) in [6.07, 6.45) is 18.5. The van der Waals surface area contributed by atoms with Crippen LogP contribution in [0.25, 0.3) is 0 Å². The summed E-state index contributed by atoms with van der Waals surface area (Å²) in [4.78, 5) is 13.2. The van der Waals surface area contributed by atoms with E-state index in [1.54, 1.807) is 12.2 Å². The van der Waals surface area contributed by atoms with Gasteiger partial charge in [-0.2, -0.15) is 0 Å². The van der Waals surface area contributed by atoms with E-state index in [1.807, 2.05) is 0 Å². The molecule has 3 aliphatic heterocycles. The summed E-state index contributed by atoms with van der Waals surface area (Å²) in [5, 5.41) is 120. The van der Waals surface area contributed by atoms with Crippen LogP contribution in [-0.2, 0) is 33.2 Å². The molecule has 0 aromatic heterocycles. The van der Waals surface area contributed by atoms with Crippen LogP contribution in [0.3, 0.4) is 0 Å². The second kappa shape index (κ2) is 38.3. The highest BCUT2D eigenvalue weighted by Crippen LogP contribution is 2.33. The summed E-state index contributed by atoms with van der Waals surface area (Å²) in [6, 6.07) is -1.02. The smallest absolute Gasteiger partial charge is 0.220 e. The van der Waals surface area contributed by atoms with Gasteiger partial charge in [0.25, 0.3) is 0 Å². The summed E-state index contributed by atoms with van der Waals surface area (Å²) in [5.41, 5.74) is 0. The van der Waals surface area contributed by atoms with E-state index in [9.17, 15) is 61.0 Å². The van der Waals surface area contributed by atoms with E-state index in [0.29, 0.717) is 12.8 Å². The lowest BCUT2D eigenvalue weighted by molar-refractivity contribution is -0.379. The Balaban J connectivity index is 1.55. The zero-order valence-electron chi connectivity index (χ0n) is 43.3. The van der Waals surface area contributed by atoms with Gasteiger partial charge < -0.3 is 89.9 Å². The van der Waals surface area contributed by atoms with Crippen LogP contribution in [0.4, 0.5) is 0 Å². The first kappa shape index (κ1) is 65.0. The fraction of sp³-hybridized carbons (Fsp3) is 0.691. The first-order chi connectivity index (χ1) is 35.8. The number of unbranched alkanes of at least 4 members (excludes halogenated alkanes) is 5. The molecule has 1 amide bonds. The molecule has 74 heavy (non-hydrogen) atoms. The summed E-state index contributed by atoms with van der Waals surface area (Å²) in [5.74, 6) is -0.330. The van der Waals surface area contributed by atoms with Gasteiger partial charge in [0.1, 0.15) is 73.2 Å². The van der Waals surface area contributed by atoms with Crippen LogP contribution >= 0.6 is 0 Å². The highest BCUT2D eigenvalue weighted by Gasteiger charge is 2.53. The maximum absolute atomic E-state index is 13.2. The number of rotatable bonds is 35. The van der Waals surface area contributed by atoms with Crippen LogP contribution in [0.5, 0.6) is 0 Å². The molecule has 17 atom stereocenters. The van der Waals surface area contributed by atoms with E-state index >= 15 is 0 Å². The molecular formula is C55H89NO18. The number of amides is 1. The Hall–Kier alpha value is -3.29. The molecule has 3 aliphatic rings. The number of allylic oxidation sites excluding steroid dienone is 15. The van der Waals surface area contributed by atoms with Gasteiger partial charge in [-0.25, -0.2) is 0 Å². The molecule has 19 heteroatoms. The van der Waals surface area contributed by atoms with Crippen LogP contribution < -0.4 is 5.32 Å². The topological polar surface area (TPSA) is 307 Å². The predicted molar refractivity (Wildman–Crippen MR) is 277 cm³/mol. The predicted octanol–water partition coefficient (Wildman–Crippen LogP) is 2.64. The standard InChI is InChI=1S/C55H89NO18/c1-3-5-7-9-11-13-15-16-17-18-19-20-21-22-23-25-27-29-31-33-43(61)56-38(39(60)32-30-28-26-24-14-12-10-8-6-4-2)37-69-53-49(67)46(64)51(41(35-58)71-53)74-55-50(68)47(65)52(42(36-59)72-55)73-54-48(66)45(63)44(62)40(34-57)70-54/h5-8,11,13-14,16-17,19-20,22-24,30,32,38-42,44-55,57-60,62-68H,3-4,9-10,12,15,18,21,25-29,31,33-37H2,1-2H3,(H,56,61)/b7-5-,8-6+,13-11-,17-16-,20-19-,23-22-,24-14+,32-30+. The lowest BCUT2D eigenvalue weighted by Crippen LogP contribution is -2.66. The van der Waals surface area contributed by atoms with Crippen molar-refractivity contribution in [3.8, 4) is 0 Å². The Labute approximate surface area is 437 Å². The zero-order chi connectivity index (χ0) is 54.1. The van der Waals surface area contributed by atoms with Crippen LogP contribution in [-0.4, -0.2) is 193 Å². The minimum absolute atomic E-state index is 0.186. The van der Waals surface area contributed by atoms with Gasteiger partial charge in [-0.05, 0) is 83.5 Å². The number of nitrogens with one attached hydrogen (secondary N) is 1. The molecule has 0 saturated carbocycles. The Morgan fingerprint density at radius 1 is 0.486 bits per heavy atom. The van der Waals surface area contributed by atoms with E-state index in [-0.39, 0.29) is 12.3 Å². The molecule has 0 aromatic rings. The first-order valence-corrected chi connectivity index (χ1v) is 26.5. The number of hydrogen-bond acceptors (Lipinski definition) is 18. The molecule has 0 bridgehead atoms. The number of carbonyl (C=O) groups is 1. The second-order valence-corrected chi connectivity index (χ2v) is 18.6. The van der Waals surface area contributed by atoms with Gasteiger partial charge in [0.2, 0.25) is 5.91 Å². The molecule has 0 aliphatic carbocycles. The van der Waals surface area contributed by atoms with Gasteiger partial charge >= 0.3 is 0 Å². The van der Waals surface area contributed by atoms with Gasteiger partial charge in [0, 0.05) is 6.42 Å². The van der Waals surface area contributed by atoms with E-state index in [0.717, 1.165) is 77.0 Å². The molecule has 3 saturated heterocycles. The van der Waals surface area contributed by atoms with Gasteiger partial charge in [0.05, 0.1) is 38.6 Å². The molecular weight excluding hydrogens is 963 g/mol. The number of carbonyl (C=O) groups excluding carboxylic acids is 1. The third-order valence-corrected chi connectivity index (χ3v) is 12.6. The molecule has 0 radical (unpaired) electrons. The van der Waals surface area contributed by atoms with Crippen molar-refractivity contribution >= 4 is 5.91 Å². The SMILES string of the molecule is CC/C=C\C/C=C\C/C=C\C/C=C\C/C=C\CCCCCC(=O)NC(COC1OC(CO)C(OC2OC(CO)C(OC3OC(CO)C(O)C(O)C3O)C(O)C2O)C(O)C1O)C(O)/C=C/CC/C=C/CC/C=C/CC. The van der Waals surface area contributed by atoms with E-state index < -0.39 is 131 Å². The summed E-state index contributed by atoms with van der Waals surface area (Å²) in [6.45, 7) is 1.36. The maximum atomic E-state index is 13.2. The number of aliphatic hydroxyl groups is 11. The molecule has 3 rings (SSSR count). The number of aliphatic hydroxyl groups excluding tert-OH is 11. The van der Waals surface area contributed by atoms with Crippen molar-refractivity contribution in [2.45, 2.75) is 214 Å². The largest absolute Gasteiger partial charge is 0.394 e. The highest BCUT2D eigenvalue weighted by atomic mass is 16.8. The Morgan fingerprint density at radius 3 is 1.43 bits per heavy atom. The summed E-state index contributed by atoms with van der Waals surface area (Å²) < 4.78 is 34.0. The van der Waals surface area contributed by atoms with E-state index in [2.05, 4.69) is 104 Å². The molecule has 0 spiro atoms. The molecule has 3 heterocycles. The van der Waals surface area contributed by atoms with Crippen molar-refractivity contribution in [3.63, 3.8) is 0 Å². The van der Waals surface area contributed by atoms with Gasteiger partial charge in [0.15, 0.2) is 18.9 Å². The average molecular weight is 1050 g/mol. The Bertz CT molecular complexity index is 1730. The summed E-state index contributed by atoms with van der Waals surface area (Å²) >= 11 is 0. The Morgan fingerprint density at radius 2 is 0.905 bits per heavy atom. The normalized spacial score (nSPS) is 32.3. The second-order valence-electron chi connectivity index (χ2n) is 18.6. The quantitative estimate of drug-likeness (QED) is 0.0321. The molecule has 19 nitrogen and oxygen atoms in total. The van der Waals surface area contributed by atoms with Crippen LogP contribution in [0.15, 0.2) is 97.2 Å². The lowest BCUT2D eigenvalue weighted by atomic mass is 9.96. The van der Waals surface area contributed by atoms with Crippen LogP contribution in [0.1, 0.15) is 110 Å². The first-order valence-electron chi connectivity index (χ1n) is 26.5. The molecule has 422 valence electrons. The van der Waals surface area contributed by atoms with Crippen molar-refractivity contribution in [2.75, 3.05) is 26.4 Å². The molecule has 17 unspecified atom stereocenters. The minimum atomic E-state index is -1.99. The monoisotopic (exact) mass is 1050 g/mol. The van der Waals surface area contributed by atoms with Gasteiger partial charge in [-0.1, -0.05) is 117 Å². The fourth-order valence-corrected chi connectivity index (χ4v) is 8.25. The Kier molecular flexibility index (Phi) is 33.6. The van der Waals surface area contributed by atoms with Crippen LogP contribution in [0, 0.1) is 0 Å². The van der Waals surface area contributed by atoms with E-state index in [1.165, 1.54) is 0 Å². The number of hydrogen-bond donors (Lipinski definition) is 12. The van der Waals surface area contributed by atoms with Crippen molar-refractivity contribution in [3.05, 3.63) is 97.2 Å². The lowest BCUT2D eigenvalue weighted by Gasteiger charge is -2.48. The van der Waals surface area contributed by atoms with Crippen LogP contribution in [0.2, 0.25) is 0 Å². The molecule has 12 N–H and O–H groups in total. The van der Waals surface area contributed by atoms with E-state index in [4.69, 9.17) is 28.4 Å². The maximum Gasteiger partial charge on any atom is 0.220 e. The van der Waals surface area contributed by atoms with Crippen molar-refractivity contribution in [1.82, 2.24) is 5.32 Å². The zero-order valence-corrected chi connectivity index (χ0v) is 43.3. The third-order valence-electron chi connectivity index (χ3n) is 12.6. The van der Waals surface area contributed by atoms with Crippen molar-refractivity contribution < 1.29 is 89.4 Å². The van der Waals surface area contributed by atoms with Crippen molar-refractivity contribution in [1.29, 1.82) is 0 Å². The molecule has 3 fully saturated rings.